The number of hydrogen-bond donors (Lipinski definition) is 1. The van der Waals surface area contributed by atoms with Gasteiger partial charge in [-0.05, 0) is 115 Å². The summed E-state index contributed by atoms with van der Waals surface area (Å²) in [4.78, 5) is 5.44. The third-order valence-corrected chi connectivity index (χ3v) is 7.14. The molecule has 0 aliphatic heterocycles. The Morgan fingerprint density at radius 2 is 1.36 bits per heavy atom. The number of rotatable bonds is 21. The van der Waals surface area contributed by atoms with Crippen molar-refractivity contribution in [2.75, 3.05) is 33.4 Å². The minimum Gasteiger partial charge on any atom is -0.376 e. The van der Waals surface area contributed by atoms with Crippen LogP contribution in [0, 0.1) is 0 Å². The van der Waals surface area contributed by atoms with Crippen LogP contribution in [-0.4, -0.2) is 75.8 Å². The summed E-state index contributed by atoms with van der Waals surface area (Å²) in [5.41, 5.74) is 5.85. The molecule has 1 heterocycles. The number of ether oxygens (including phenoxy) is 3. The first kappa shape index (κ1) is 35.9. The van der Waals surface area contributed by atoms with Gasteiger partial charge < -0.3 is 19.9 Å². The molecule has 0 aromatic carbocycles. The van der Waals surface area contributed by atoms with Gasteiger partial charge in [0.25, 0.3) is 0 Å². The van der Waals surface area contributed by atoms with E-state index in [0.29, 0.717) is 26.4 Å². The summed E-state index contributed by atoms with van der Waals surface area (Å²) >= 11 is 0. The van der Waals surface area contributed by atoms with Crippen LogP contribution in [0.2, 0.25) is 0 Å². The van der Waals surface area contributed by atoms with E-state index in [1.165, 1.54) is 0 Å². The summed E-state index contributed by atoms with van der Waals surface area (Å²) in [5.74, 6) is 0. The molecule has 9 heteroatoms. The van der Waals surface area contributed by atoms with Crippen LogP contribution in [0.4, 0.5) is 0 Å². The molecule has 0 amide bonds. The maximum absolute atomic E-state index is 6.22. The van der Waals surface area contributed by atoms with E-state index in [1.54, 1.807) is 0 Å². The Morgan fingerprint density at radius 3 is 1.95 bits per heavy atom. The Hall–Kier alpha value is -1.10. The molecule has 0 saturated heterocycles. The van der Waals surface area contributed by atoms with Gasteiger partial charge in [0.1, 0.15) is 5.69 Å². The van der Waals surface area contributed by atoms with Gasteiger partial charge in [0, 0.05) is 25.7 Å². The molecule has 39 heavy (non-hydrogen) atoms. The molecule has 230 valence electrons. The Labute approximate surface area is 239 Å². The highest BCUT2D eigenvalue weighted by molar-refractivity contribution is 4.94. The zero-order chi connectivity index (χ0) is 30.0. The van der Waals surface area contributed by atoms with Gasteiger partial charge in [-0.3, -0.25) is 4.84 Å². The molecule has 0 bridgehead atoms. The molecule has 2 N–H and O–H groups in total. The van der Waals surface area contributed by atoms with Crippen molar-refractivity contribution >= 4 is 0 Å². The number of hydroxylamine groups is 2. The van der Waals surface area contributed by atoms with Gasteiger partial charge in [-0.2, -0.15) is 5.06 Å². The van der Waals surface area contributed by atoms with Crippen molar-refractivity contribution in [2.45, 2.75) is 149 Å². The Bertz CT molecular complexity index is 815. The summed E-state index contributed by atoms with van der Waals surface area (Å²) < 4.78 is 20.5. The summed E-state index contributed by atoms with van der Waals surface area (Å²) in [6, 6.07) is 0. The summed E-state index contributed by atoms with van der Waals surface area (Å²) in [6.45, 7) is 26.5. The largest absolute Gasteiger partial charge is 0.376 e. The first-order valence-electron chi connectivity index (χ1n) is 14.7. The van der Waals surface area contributed by atoms with E-state index in [1.807, 2.05) is 29.9 Å². The van der Waals surface area contributed by atoms with Crippen molar-refractivity contribution in [1.29, 1.82) is 0 Å². The molecule has 0 spiro atoms. The first-order chi connectivity index (χ1) is 17.8. The second kappa shape index (κ2) is 15.2. The first-order valence-corrected chi connectivity index (χ1v) is 14.7. The lowest BCUT2D eigenvalue weighted by atomic mass is 9.91. The van der Waals surface area contributed by atoms with Gasteiger partial charge in [0.05, 0.1) is 48.4 Å². The van der Waals surface area contributed by atoms with Crippen molar-refractivity contribution in [1.82, 2.24) is 20.1 Å². The fraction of sp³-hybridized carbons (Fsp3) is 0.933. The normalized spacial score (nSPS) is 14.0. The van der Waals surface area contributed by atoms with Crippen LogP contribution >= 0.6 is 0 Å². The smallest absolute Gasteiger partial charge is 0.108 e. The lowest BCUT2D eigenvalue weighted by Gasteiger charge is -2.32. The third kappa shape index (κ3) is 16.1. The van der Waals surface area contributed by atoms with E-state index in [2.05, 4.69) is 79.5 Å². The summed E-state index contributed by atoms with van der Waals surface area (Å²) in [6.07, 6.45) is 7.40. The average Bonchev–Trinajstić information content (AvgIpc) is 3.28. The monoisotopic (exact) mass is 555 g/mol. The number of hydrogen-bond acceptors (Lipinski definition) is 8. The number of nitrogens with two attached hydrogens (primary N) is 1. The van der Waals surface area contributed by atoms with Crippen molar-refractivity contribution in [3.05, 3.63) is 11.9 Å². The molecule has 1 aromatic heterocycles. The minimum absolute atomic E-state index is 0.180. The molecule has 1 rings (SSSR count). The van der Waals surface area contributed by atoms with Crippen LogP contribution in [0.3, 0.4) is 0 Å². The van der Waals surface area contributed by atoms with E-state index >= 15 is 0 Å². The zero-order valence-corrected chi connectivity index (χ0v) is 27.4. The van der Waals surface area contributed by atoms with Crippen molar-refractivity contribution in [3.8, 4) is 0 Å². The van der Waals surface area contributed by atoms with Gasteiger partial charge >= 0.3 is 0 Å². The second-order valence-corrected chi connectivity index (χ2v) is 14.1. The summed E-state index contributed by atoms with van der Waals surface area (Å²) in [7, 11) is 1.96. The van der Waals surface area contributed by atoms with Gasteiger partial charge in [0.15, 0.2) is 0 Å². The molecule has 9 nitrogen and oxygen atoms in total. The number of nitrogens with zero attached hydrogens (tertiary/aromatic N) is 4. The Balaban J connectivity index is 2.48. The van der Waals surface area contributed by atoms with E-state index in [0.717, 1.165) is 50.8 Å². The van der Waals surface area contributed by atoms with Crippen LogP contribution < -0.4 is 5.73 Å². The molecule has 0 unspecified atom stereocenters. The highest BCUT2D eigenvalue weighted by Gasteiger charge is 2.28. The average molecular weight is 556 g/mol. The van der Waals surface area contributed by atoms with Crippen LogP contribution in [0.15, 0.2) is 6.20 Å². The van der Waals surface area contributed by atoms with Crippen LogP contribution in [0.5, 0.6) is 0 Å². The SMILES string of the molecule is CCON(C)CCCOC(C)(C)CCC(C)(C)n1cc(COC(C)(C)CCOC(C)(C)CCC(C)(C)N)nn1. The Kier molecular flexibility index (Phi) is 14.0. The van der Waals surface area contributed by atoms with Crippen molar-refractivity contribution < 1.29 is 19.0 Å². The molecule has 0 saturated carbocycles. The van der Waals surface area contributed by atoms with Gasteiger partial charge in [-0.25, -0.2) is 4.68 Å². The fourth-order valence-corrected chi connectivity index (χ4v) is 3.98. The minimum atomic E-state index is -0.332. The fourth-order valence-electron chi connectivity index (χ4n) is 3.98. The lowest BCUT2D eigenvalue weighted by molar-refractivity contribution is -0.139. The summed E-state index contributed by atoms with van der Waals surface area (Å²) in [5, 5.41) is 10.7. The predicted molar refractivity (Wildman–Crippen MR) is 158 cm³/mol. The Morgan fingerprint density at radius 1 is 0.795 bits per heavy atom. The van der Waals surface area contributed by atoms with Crippen LogP contribution in [0.1, 0.15) is 120 Å². The highest BCUT2D eigenvalue weighted by atomic mass is 16.7. The van der Waals surface area contributed by atoms with Crippen LogP contribution in [0.25, 0.3) is 0 Å². The molecule has 1 aromatic rings. The lowest BCUT2D eigenvalue weighted by Crippen LogP contribution is -2.36. The quantitative estimate of drug-likeness (QED) is 0.149. The topological polar surface area (TPSA) is 96.9 Å². The van der Waals surface area contributed by atoms with E-state index < -0.39 is 0 Å². The van der Waals surface area contributed by atoms with Gasteiger partial charge in [-0.15, -0.1) is 5.10 Å². The van der Waals surface area contributed by atoms with Crippen molar-refractivity contribution in [3.63, 3.8) is 0 Å². The molecule has 0 fully saturated rings. The molecule has 0 aliphatic carbocycles. The molecule has 0 atom stereocenters. The van der Waals surface area contributed by atoms with E-state index in [4.69, 9.17) is 24.8 Å². The third-order valence-electron chi connectivity index (χ3n) is 7.14. The zero-order valence-electron chi connectivity index (χ0n) is 27.4. The van der Waals surface area contributed by atoms with E-state index in [-0.39, 0.29) is 27.9 Å². The van der Waals surface area contributed by atoms with Gasteiger partial charge in [0.2, 0.25) is 0 Å². The maximum Gasteiger partial charge on any atom is 0.108 e. The predicted octanol–water partition coefficient (Wildman–Crippen LogP) is 5.86. The highest BCUT2D eigenvalue weighted by Crippen LogP contribution is 2.28. The van der Waals surface area contributed by atoms with Gasteiger partial charge in [-0.1, -0.05) is 5.21 Å². The molecule has 0 aliphatic rings. The second-order valence-electron chi connectivity index (χ2n) is 14.1. The molecular formula is C30H61N5O4. The maximum atomic E-state index is 6.22. The van der Waals surface area contributed by atoms with E-state index in [9.17, 15) is 0 Å². The number of aromatic nitrogens is 3. The molecular weight excluding hydrogens is 494 g/mol. The van der Waals surface area contributed by atoms with Crippen LogP contribution in [-0.2, 0) is 31.2 Å². The van der Waals surface area contributed by atoms with Crippen molar-refractivity contribution in [2.24, 2.45) is 5.73 Å². The standard InChI is InChI=1S/C30H61N5O4/c1-13-39-34(12)20-14-21-36-29(8,9)18-16-27(4,5)35-23-25(32-33-35)24-38-30(10,11)19-22-37-28(6,7)17-15-26(2,3)31/h23H,13-22,24,31H2,1-12H3. The molecule has 0 radical (unpaired) electrons.